The monoisotopic (exact) mass is 391 g/mol. The van der Waals surface area contributed by atoms with Crippen LogP contribution in [0.4, 0.5) is 0 Å². The third kappa shape index (κ3) is 4.76. The number of carbonyl (C=O) groups excluding carboxylic acids is 1. The van der Waals surface area contributed by atoms with Gasteiger partial charge < -0.3 is 14.9 Å². The number of aliphatic hydroxyl groups is 1. The number of aliphatic carboxylic acids is 1. The quantitative estimate of drug-likeness (QED) is 0.437. The number of hydrogen-bond acceptors (Lipinski definition) is 5. The SMILES string of the molecule is N#Cc1c(Cl)cc(Cl)cc1COc1cccc(/C(O)=C/C(=O)C(=O)O)c1. The van der Waals surface area contributed by atoms with E-state index in [0.717, 1.165) is 0 Å². The zero-order valence-electron chi connectivity index (χ0n) is 13.1. The molecule has 0 aliphatic rings. The predicted octanol–water partition coefficient (Wildman–Crippen LogP) is 4.00. The molecule has 0 saturated carbocycles. The third-order valence-corrected chi connectivity index (χ3v) is 3.77. The number of rotatable bonds is 6. The first-order chi connectivity index (χ1) is 12.3. The molecule has 2 N–H and O–H groups in total. The standard InChI is InChI=1S/C18H11Cl2NO5/c19-12-4-11(14(8-21)15(20)6-12)9-26-13-3-1-2-10(5-13)16(22)7-17(23)18(24)25/h1-7,22H,9H2,(H,24,25)/b16-7-. The van der Waals surface area contributed by atoms with Gasteiger partial charge in [-0.3, -0.25) is 4.79 Å². The van der Waals surface area contributed by atoms with Crippen LogP contribution < -0.4 is 4.74 Å². The van der Waals surface area contributed by atoms with Crippen LogP contribution in [0.1, 0.15) is 16.7 Å². The summed E-state index contributed by atoms with van der Waals surface area (Å²) in [5, 5.41) is 28.2. The third-order valence-electron chi connectivity index (χ3n) is 3.25. The van der Waals surface area contributed by atoms with Gasteiger partial charge in [0.1, 0.15) is 24.2 Å². The number of carboxylic acid groups (broad SMARTS) is 1. The van der Waals surface area contributed by atoms with Gasteiger partial charge in [-0.05, 0) is 24.3 Å². The number of aliphatic hydroxyl groups excluding tert-OH is 1. The molecule has 0 fully saturated rings. The van der Waals surface area contributed by atoms with Gasteiger partial charge in [0.05, 0.1) is 10.6 Å². The molecule has 0 aliphatic carbocycles. The van der Waals surface area contributed by atoms with E-state index >= 15 is 0 Å². The molecule has 0 spiro atoms. The second-order valence-electron chi connectivity index (χ2n) is 5.05. The summed E-state index contributed by atoms with van der Waals surface area (Å²) in [6, 6.07) is 11.0. The first-order valence-electron chi connectivity index (χ1n) is 7.11. The Hall–Kier alpha value is -3.01. The summed E-state index contributed by atoms with van der Waals surface area (Å²) in [5.74, 6) is -3.11. The molecule has 6 nitrogen and oxygen atoms in total. The summed E-state index contributed by atoms with van der Waals surface area (Å²) in [5.41, 5.74) is 0.917. The van der Waals surface area contributed by atoms with Gasteiger partial charge in [0.2, 0.25) is 0 Å². The molecule has 132 valence electrons. The lowest BCUT2D eigenvalue weighted by Gasteiger charge is -2.10. The van der Waals surface area contributed by atoms with Crippen LogP contribution in [-0.4, -0.2) is 22.0 Å². The predicted molar refractivity (Wildman–Crippen MR) is 95.2 cm³/mol. The van der Waals surface area contributed by atoms with E-state index in [2.05, 4.69) is 0 Å². The summed E-state index contributed by atoms with van der Waals surface area (Å²) in [4.78, 5) is 21.7. The number of nitrogens with zero attached hydrogens (tertiary/aromatic N) is 1. The summed E-state index contributed by atoms with van der Waals surface area (Å²) in [6.45, 7) is -0.00877. The second-order valence-corrected chi connectivity index (χ2v) is 5.89. The molecule has 0 atom stereocenters. The fourth-order valence-electron chi connectivity index (χ4n) is 2.04. The van der Waals surface area contributed by atoms with Gasteiger partial charge >= 0.3 is 5.97 Å². The molecular weight excluding hydrogens is 381 g/mol. The van der Waals surface area contributed by atoms with Crippen molar-refractivity contribution in [3.05, 3.63) is 69.2 Å². The lowest BCUT2D eigenvalue weighted by molar-refractivity contribution is -0.146. The molecule has 0 heterocycles. The van der Waals surface area contributed by atoms with Crippen molar-refractivity contribution in [2.24, 2.45) is 0 Å². The molecule has 0 aromatic heterocycles. The normalized spacial score (nSPS) is 10.9. The van der Waals surface area contributed by atoms with E-state index in [1.54, 1.807) is 18.2 Å². The molecule has 0 saturated heterocycles. The van der Waals surface area contributed by atoms with Crippen LogP contribution in [0.2, 0.25) is 10.0 Å². The number of carboxylic acids is 1. The largest absolute Gasteiger partial charge is 0.507 e. The van der Waals surface area contributed by atoms with Gasteiger partial charge in [-0.25, -0.2) is 4.79 Å². The molecule has 2 rings (SSSR count). The highest BCUT2D eigenvalue weighted by atomic mass is 35.5. The Kier molecular flexibility index (Phi) is 6.23. The van der Waals surface area contributed by atoms with Crippen LogP contribution in [-0.2, 0) is 16.2 Å². The van der Waals surface area contributed by atoms with Crippen molar-refractivity contribution in [1.29, 1.82) is 5.26 Å². The number of halogens is 2. The molecule has 2 aromatic carbocycles. The van der Waals surface area contributed by atoms with Crippen molar-refractivity contribution in [3.63, 3.8) is 0 Å². The topological polar surface area (TPSA) is 108 Å². The molecular formula is C18H11Cl2NO5. The highest BCUT2D eigenvalue weighted by molar-refractivity contribution is 6.38. The number of ketones is 1. The molecule has 0 unspecified atom stereocenters. The summed E-state index contributed by atoms with van der Waals surface area (Å²) < 4.78 is 5.58. The lowest BCUT2D eigenvalue weighted by atomic mass is 10.1. The maximum Gasteiger partial charge on any atom is 0.376 e. The van der Waals surface area contributed by atoms with Crippen LogP contribution in [0.15, 0.2) is 42.5 Å². The molecule has 2 aromatic rings. The highest BCUT2D eigenvalue weighted by Crippen LogP contribution is 2.26. The Labute approximate surface area is 158 Å². The molecule has 0 amide bonds. The summed E-state index contributed by atoms with van der Waals surface area (Å²) in [6.07, 6.45) is 0.603. The van der Waals surface area contributed by atoms with E-state index in [0.29, 0.717) is 22.4 Å². The van der Waals surface area contributed by atoms with Crippen LogP contribution in [0.3, 0.4) is 0 Å². The minimum Gasteiger partial charge on any atom is -0.507 e. The fourth-order valence-corrected chi connectivity index (χ4v) is 2.62. The smallest absolute Gasteiger partial charge is 0.376 e. The minimum absolute atomic E-state index is 0.00877. The van der Waals surface area contributed by atoms with Gasteiger partial charge in [-0.2, -0.15) is 5.26 Å². The zero-order chi connectivity index (χ0) is 19.3. The van der Waals surface area contributed by atoms with Crippen LogP contribution in [0, 0.1) is 11.3 Å². The maximum atomic E-state index is 11.1. The van der Waals surface area contributed by atoms with Crippen molar-refractivity contribution in [2.45, 2.75) is 6.61 Å². The van der Waals surface area contributed by atoms with Gasteiger partial charge in [0.15, 0.2) is 0 Å². The van der Waals surface area contributed by atoms with Crippen LogP contribution >= 0.6 is 23.2 Å². The van der Waals surface area contributed by atoms with Gasteiger partial charge in [-0.1, -0.05) is 35.3 Å². The number of carbonyl (C=O) groups is 2. The zero-order valence-corrected chi connectivity index (χ0v) is 14.6. The second kappa shape index (κ2) is 8.39. The van der Waals surface area contributed by atoms with E-state index in [1.165, 1.54) is 18.2 Å². The first-order valence-corrected chi connectivity index (χ1v) is 7.86. The van der Waals surface area contributed by atoms with E-state index in [-0.39, 0.29) is 22.8 Å². The Morgan fingerprint density at radius 3 is 2.58 bits per heavy atom. The Morgan fingerprint density at radius 2 is 1.92 bits per heavy atom. The summed E-state index contributed by atoms with van der Waals surface area (Å²) >= 11 is 11.9. The fraction of sp³-hybridized carbons (Fsp3) is 0.0556. The molecule has 26 heavy (non-hydrogen) atoms. The average molecular weight is 392 g/mol. The van der Waals surface area contributed by atoms with E-state index in [9.17, 15) is 20.0 Å². The molecule has 0 radical (unpaired) electrons. The van der Waals surface area contributed by atoms with E-state index in [1.807, 2.05) is 6.07 Å². The van der Waals surface area contributed by atoms with Gasteiger partial charge in [0, 0.05) is 22.2 Å². The summed E-state index contributed by atoms with van der Waals surface area (Å²) in [7, 11) is 0. The van der Waals surface area contributed by atoms with Gasteiger partial charge in [-0.15, -0.1) is 0 Å². The molecule has 0 bridgehead atoms. The van der Waals surface area contributed by atoms with Gasteiger partial charge in [0.25, 0.3) is 5.78 Å². The van der Waals surface area contributed by atoms with Crippen molar-refractivity contribution < 1.29 is 24.5 Å². The number of hydrogen-bond donors (Lipinski definition) is 2. The lowest BCUT2D eigenvalue weighted by Crippen LogP contribution is -2.09. The van der Waals surface area contributed by atoms with Crippen molar-refractivity contribution >= 4 is 40.7 Å². The maximum absolute atomic E-state index is 11.1. The molecule has 8 heteroatoms. The Morgan fingerprint density at radius 1 is 1.19 bits per heavy atom. The van der Waals surface area contributed by atoms with Crippen molar-refractivity contribution in [3.8, 4) is 11.8 Å². The number of ether oxygens (including phenoxy) is 1. The van der Waals surface area contributed by atoms with E-state index < -0.39 is 17.5 Å². The van der Waals surface area contributed by atoms with Crippen molar-refractivity contribution in [1.82, 2.24) is 0 Å². The molecule has 0 aliphatic heterocycles. The minimum atomic E-state index is -1.68. The van der Waals surface area contributed by atoms with Crippen LogP contribution in [0.25, 0.3) is 5.76 Å². The van der Waals surface area contributed by atoms with Crippen LogP contribution in [0.5, 0.6) is 5.75 Å². The number of nitriles is 1. The Balaban J connectivity index is 2.22. The van der Waals surface area contributed by atoms with Crippen molar-refractivity contribution in [2.75, 3.05) is 0 Å². The highest BCUT2D eigenvalue weighted by Gasteiger charge is 2.12. The first kappa shape index (κ1) is 19.3. The van der Waals surface area contributed by atoms with E-state index in [4.69, 9.17) is 33.0 Å². The Bertz CT molecular complexity index is 947. The number of benzene rings is 2. The average Bonchev–Trinajstić information content (AvgIpc) is 2.59.